The third-order valence-electron chi connectivity index (χ3n) is 3.07. The molecule has 3 rings (SSSR count). The van der Waals surface area contributed by atoms with E-state index in [-0.39, 0.29) is 6.54 Å². The van der Waals surface area contributed by atoms with Crippen LogP contribution in [0.5, 0.6) is 0 Å². The van der Waals surface area contributed by atoms with Gasteiger partial charge in [-0.25, -0.2) is 0 Å². The van der Waals surface area contributed by atoms with Gasteiger partial charge in [0, 0.05) is 36.0 Å². The summed E-state index contributed by atoms with van der Waals surface area (Å²) >= 11 is 0. The highest BCUT2D eigenvalue weighted by Crippen LogP contribution is 2.28. The Morgan fingerprint density at radius 1 is 1.33 bits per heavy atom. The molecule has 0 aliphatic rings. The maximum Gasteiger partial charge on any atom is 0.128 e. The van der Waals surface area contributed by atoms with Crippen LogP contribution in [0.25, 0.3) is 22.0 Å². The molecule has 88 valence electrons. The largest absolute Gasteiger partial charge is 0.350 e. The van der Waals surface area contributed by atoms with E-state index < -0.39 is 0 Å². The first-order valence-corrected chi connectivity index (χ1v) is 5.73. The fourth-order valence-corrected chi connectivity index (χ4v) is 2.25. The van der Waals surface area contributed by atoms with Crippen LogP contribution in [0.1, 0.15) is 0 Å². The van der Waals surface area contributed by atoms with Gasteiger partial charge in [0.15, 0.2) is 0 Å². The number of fused-ring (bicyclic) bond motifs is 1. The molecule has 0 aliphatic carbocycles. The highest BCUT2D eigenvalue weighted by Gasteiger charge is 2.08. The maximum absolute atomic E-state index is 8.67. The zero-order valence-electron chi connectivity index (χ0n) is 10.0. The number of rotatable bonds is 2. The van der Waals surface area contributed by atoms with Gasteiger partial charge in [-0.15, -0.1) is 0 Å². The molecule has 2 aromatic heterocycles. The van der Waals surface area contributed by atoms with Gasteiger partial charge in [-0.2, -0.15) is 10.4 Å². The molecule has 0 bridgehead atoms. The van der Waals surface area contributed by atoms with Gasteiger partial charge in [-0.3, -0.25) is 4.68 Å². The lowest BCUT2D eigenvalue weighted by molar-refractivity contribution is 0.710. The van der Waals surface area contributed by atoms with Crippen LogP contribution in [0, 0.1) is 11.3 Å². The van der Waals surface area contributed by atoms with Crippen molar-refractivity contribution in [3.63, 3.8) is 0 Å². The van der Waals surface area contributed by atoms with Crippen molar-refractivity contribution in [2.24, 2.45) is 7.05 Å². The molecular weight excluding hydrogens is 224 g/mol. The van der Waals surface area contributed by atoms with E-state index in [1.165, 1.54) is 10.9 Å². The van der Waals surface area contributed by atoms with Gasteiger partial charge in [-0.05, 0) is 6.07 Å². The number of aryl methyl sites for hydroxylation is 1. The average molecular weight is 236 g/mol. The van der Waals surface area contributed by atoms with Crippen LogP contribution in [0.4, 0.5) is 0 Å². The van der Waals surface area contributed by atoms with Crippen LogP contribution in [-0.4, -0.2) is 14.3 Å². The summed E-state index contributed by atoms with van der Waals surface area (Å²) in [6.45, 7) is 0.281. The minimum Gasteiger partial charge on any atom is -0.350 e. The van der Waals surface area contributed by atoms with Gasteiger partial charge in [-0.1, -0.05) is 18.2 Å². The topological polar surface area (TPSA) is 46.5 Å². The van der Waals surface area contributed by atoms with Crippen molar-refractivity contribution >= 4 is 10.9 Å². The number of hydrogen-bond acceptors (Lipinski definition) is 2. The number of nitrogens with zero attached hydrogens (tertiary/aromatic N) is 4. The highest BCUT2D eigenvalue weighted by atomic mass is 15.3. The van der Waals surface area contributed by atoms with E-state index in [0.29, 0.717) is 0 Å². The minimum atomic E-state index is 0.281. The van der Waals surface area contributed by atoms with Gasteiger partial charge in [0.25, 0.3) is 0 Å². The fraction of sp³-hybridized carbons (Fsp3) is 0.143. The molecule has 4 heteroatoms. The molecule has 0 atom stereocenters. The summed E-state index contributed by atoms with van der Waals surface area (Å²) in [4.78, 5) is 0. The molecular formula is C14H12N4. The van der Waals surface area contributed by atoms with E-state index in [1.807, 2.05) is 25.5 Å². The van der Waals surface area contributed by atoms with E-state index in [0.717, 1.165) is 11.1 Å². The SMILES string of the molecule is Cn1ccc2cccc(-c3cnn(CC#N)c3)c21. The number of hydrogen-bond donors (Lipinski definition) is 0. The summed E-state index contributed by atoms with van der Waals surface area (Å²) in [5.41, 5.74) is 3.37. The molecule has 0 saturated carbocycles. The lowest BCUT2D eigenvalue weighted by atomic mass is 10.1. The summed E-state index contributed by atoms with van der Waals surface area (Å²) in [6.07, 6.45) is 5.76. The van der Waals surface area contributed by atoms with E-state index in [4.69, 9.17) is 5.26 Å². The van der Waals surface area contributed by atoms with E-state index in [2.05, 4.69) is 33.9 Å². The second-order valence-corrected chi connectivity index (χ2v) is 4.25. The molecule has 0 aliphatic heterocycles. The van der Waals surface area contributed by atoms with Gasteiger partial charge < -0.3 is 4.57 Å². The molecule has 0 unspecified atom stereocenters. The predicted octanol–water partition coefficient (Wildman–Crippen LogP) is 2.57. The molecule has 0 saturated heterocycles. The van der Waals surface area contributed by atoms with E-state index >= 15 is 0 Å². The molecule has 0 fully saturated rings. The molecule has 2 heterocycles. The van der Waals surface area contributed by atoms with Crippen LogP contribution in [0.15, 0.2) is 42.9 Å². The van der Waals surface area contributed by atoms with Crippen molar-refractivity contribution < 1.29 is 0 Å². The Hall–Kier alpha value is -2.54. The molecule has 3 aromatic rings. The Morgan fingerprint density at radius 3 is 3.06 bits per heavy atom. The van der Waals surface area contributed by atoms with Crippen LogP contribution >= 0.6 is 0 Å². The maximum atomic E-state index is 8.67. The van der Waals surface area contributed by atoms with Crippen molar-refractivity contribution in [2.75, 3.05) is 0 Å². The third kappa shape index (κ3) is 1.57. The number of para-hydroxylation sites is 1. The van der Waals surface area contributed by atoms with Crippen molar-refractivity contribution in [2.45, 2.75) is 6.54 Å². The first kappa shape index (κ1) is 10.6. The molecule has 0 spiro atoms. The fourth-order valence-electron chi connectivity index (χ4n) is 2.25. The third-order valence-corrected chi connectivity index (χ3v) is 3.07. The van der Waals surface area contributed by atoms with Crippen molar-refractivity contribution in [1.29, 1.82) is 5.26 Å². The van der Waals surface area contributed by atoms with Crippen molar-refractivity contribution in [1.82, 2.24) is 14.3 Å². The molecule has 4 nitrogen and oxygen atoms in total. The van der Waals surface area contributed by atoms with Crippen LogP contribution in [0.3, 0.4) is 0 Å². The average Bonchev–Trinajstić information content (AvgIpc) is 2.98. The monoisotopic (exact) mass is 236 g/mol. The van der Waals surface area contributed by atoms with Crippen molar-refractivity contribution in [3.05, 3.63) is 42.9 Å². The Labute approximate surface area is 105 Å². The zero-order valence-corrected chi connectivity index (χ0v) is 10.0. The number of benzene rings is 1. The molecule has 1 aromatic carbocycles. The summed E-state index contributed by atoms with van der Waals surface area (Å²) in [6, 6.07) is 10.4. The summed E-state index contributed by atoms with van der Waals surface area (Å²) in [5, 5.41) is 14.1. The Bertz CT molecular complexity index is 743. The normalized spacial score (nSPS) is 10.7. The summed E-state index contributed by atoms with van der Waals surface area (Å²) in [7, 11) is 2.03. The van der Waals surface area contributed by atoms with Gasteiger partial charge in [0.1, 0.15) is 6.54 Å². The summed E-state index contributed by atoms with van der Waals surface area (Å²) < 4.78 is 3.75. The first-order valence-electron chi connectivity index (χ1n) is 5.73. The van der Waals surface area contributed by atoms with Crippen LogP contribution in [-0.2, 0) is 13.6 Å². The number of aromatic nitrogens is 3. The van der Waals surface area contributed by atoms with Gasteiger partial charge in [0.2, 0.25) is 0 Å². The Kier molecular flexibility index (Phi) is 2.38. The smallest absolute Gasteiger partial charge is 0.128 e. The van der Waals surface area contributed by atoms with E-state index in [1.54, 1.807) is 10.9 Å². The summed E-state index contributed by atoms with van der Waals surface area (Å²) in [5.74, 6) is 0. The second kappa shape index (κ2) is 4.04. The number of nitriles is 1. The Morgan fingerprint density at radius 2 is 2.22 bits per heavy atom. The van der Waals surface area contributed by atoms with Crippen molar-refractivity contribution in [3.8, 4) is 17.2 Å². The van der Waals surface area contributed by atoms with E-state index in [9.17, 15) is 0 Å². The Balaban J connectivity index is 2.18. The highest BCUT2D eigenvalue weighted by molar-refractivity contribution is 5.94. The second-order valence-electron chi connectivity index (χ2n) is 4.25. The lowest BCUT2D eigenvalue weighted by Gasteiger charge is -2.03. The lowest BCUT2D eigenvalue weighted by Crippen LogP contribution is -1.94. The zero-order chi connectivity index (χ0) is 12.5. The van der Waals surface area contributed by atoms with Crippen LogP contribution < -0.4 is 0 Å². The molecule has 0 N–H and O–H groups in total. The molecule has 0 radical (unpaired) electrons. The molecule has 0 amide bonds. The van der Waals surface area contributed by atoms with Crippen LogP contribution in [0.2, 0.25) is 0 Å². The quantitative estimate of drug-likeness (QED) is 0.686. The van der Waals surface area contributed by atoms with Gasteiger partial charge >= 0.3 is 0 Å². The minimum absolute atomic E-state index is 0.281. The van der Waals surface area contributed by atoms with Gasteiger partial charge in [0.05, 0.1) is 17.8 Å². The first-order chi connectivity index (χ1) is 8.79. The standard InChI is InChI=1S/C14H12N4/c1-17-7-5-11-3-2-4-13(14(11)17)12-9-16-18(10-12)8-6-15/h2-5,7,9-10H,8H2,1H3. The molecule has 18 heavy (non-hydrogen) atoms. The predicted molar refractivity (Wildman–Crippen MR) is 69.8 cm³/mol.